The van der Waals surface area contributed by atoms with E-state index in [1.54, 1.807) is 42.5 Å². The number of amides is 1. The van der Waals surface area contributed by atoms with Gasteiger partial charge in [0.2, 0.25) is 0 Å². The van der Waals surface area contributed by atoms with Crippen molar-refractivity contribution < 1.29 is 13.9 Å². The maximum Gasteiger partial charge on any atom is 0.266 e. The van der Waals surface area contributed by atoms with Crippen LogP contribution in [0.4, 0.5) is 4.39 Å². The summed E-state index contributed by atoms with van der Waals surface area (Å²) in [4.78, 5) is 14.8. The molecule has 1 fully saturated rings. The first kappa shape index (κ1) is 24.0. The molecule has 1 heterocycles. The fraction of sp³-hybridized carbons (Fsp3) is 0.0833. The normalized spacial score (nSPS) is 14.9. The SMILES string of the molecule is O=C1/C(=C/c2cc(Cl)c(OCc3ccc(Cl)cc3)c(Cl)c2)SC(=S)N1Cc1ccc(F)cc1. The average Bonchev–Trinajstić information content (AvgIpc) is 3.03. The van der Waals surface area contributed by atoms with E-state index in [9.17, 15) is 9.18 Å². The molecule has 4 rings (SSSR count). The Labute approximate surface area is 215 Å². The van der Waals surface area contributed by atoms with Gasteiger partial charge in [0.1, 0.15) is 16.7 Å². The molecule has 3 nitrogen and oxygen atoms in total. The van der Waals surface area contributed by atoms with Gasteiger partial charge in [-0.05, 0) is 59.2 Å². The van der Waals surface area contributed by atoms with Crippen LogP contribution in [0.5, 0.6) is 5.75 Å². The molecular formula is C24H15Cl3FNO2S2. The zero-order valence-electron chi connectivity index (χ0n) is 16.9. The van der Waals surface area contributed by atoms with Crippen molar-refractivity contribution in [3.8, 4) is 5.75 Å². The van der Waals surface area contributed by atoms with E-state index in [0.717, 1.165) is 11.1 Å². The maximum absolute atomic E-state index is 13.1. The summed E-state index contributed by atoms with van der Waals surface area (Å²) < 4.78 is 19.4. The lowest BCUT2D eigenvalue weighted by atomic mass is 10.2. The third kappa shape index (κ3) is 5.89. The molecule has 33 heavy (non-hydrogen) atoms. The van der Waals surface area contributed by atoms with Crippen LogP contribution in [0.15, 0.2) is 65.6 Å². The minimum atomic E-state index is -0.335. The van der Waals surface area contributed by atoms with Gasteiger partial charge in [-0.15, -0.1) is 0 Å². The highest BCUT2D eigenvalue weighted by Gasteiger charge is 2.32. The van der Waals surface area contributed by atoms with E-state index in [0.29, 0.717) is 35.6 Å². The number of nitrogens with zero attached hydrogens (tertiary/aromatic N) is 1. The molecular weight excluding hydrogens is 524 g/mol. The van der Waals surface area contributed by atoms with Crippen LogP contribution in [0.25, 0.3) is 6.08 Å². The van der Waals surface area contributed by atoms with Crippen molar-refractivity contribution in [1.29, 1.82) is 0 Å². The molecule has 1 aliphatic rings. The number of thiocarbonyl (C=S) groups is 1. The second-order valence-corrected chi connectivity index (χ2v) is 10.0. The summed E-state index contributed by atoms with van der Waals surface area (Å²) in [6.45, 7) is 0.541. The third-order valence-electron chi connectivity index (χ3n) is 4.74. The first-order chi connectivity index (χ1) is 15.8. The number of carbonyl (C=O) groups is 1. The van der Waals surface area contributed by atoms with E-state index >= 15 is 0 Å². The van der Waals surface area contributed by atoms with Gasteiger partial charge >= 0.3 is 0 Å². The molecule has 1 amide bonds. The monoisotopic (exact) mass is 537 g/mol. The molecule has 1 aliphatic heterocycles. The fourth-order valence-corrected chi connectivity index (χ4v) is 5.09. The molecule has 0 radical (unpaired) electrons. The highest BCUT2D eigenvalue weighted by atomic mass is 35.5. The third-order valence-corrected chi connectivity index (χ3v) is 6.93. The summed E-state index contributed by atoms with van der Waals surface area (Å²) in [5, 5.41) is 1.29. The van der Waals surface area contributed by atoms with Gasteiger partial charge in [-0.2, -0.15) is 0 Å². The number of carbonyl (C=O) groups excluding carboxylic acids is 1. The smallest absolute Gasteiger partial charge is 0.266 e. The predicted octanol–water partition coefficient (Wildman–Crippen LogP) is 7.77. The molecule has 0 bridgehead atoms. The Balaban J connectivity index is 1.49. The number of hydrogen-bond donors (Lipinski definition) is 0. The fourth-order valence-electron chi connectivity index (χ4n) is 3.10. The van der Waals surface area contributed by atoms with Gasteiger partial charge in [-0.25, -0.2) is 4.39 Å². The summed E-state index contributed by atoms with van der Waals surface area (Å²) in [6.07, 6.45) is 1.69. The molecule has 168 valence electrons. The van der Waals surface area contributed by atoms with Crippen LogP contribution < -0.4 is 4.74 Å². The number of hydrogen-bond acceptors (Lipinski definition) is 4. The number of ether oxygens (including phenoxy) is 1. The standard InChI is InChI=1S/C24H15Cl3FNO2S2/c25-17-5-1-15(2-6-17)13-31-22-19(26)9-16(10-20(22)27)11-21-23(30)29(24(32)33-21)12-14-3-7-18(28)8-4-14/h1-11H,12-13H2/b21-11-. The van der Waals surface area contributed by atoms with Crippen molar-refractivity contribution in [2.24, 2.45) is 0 Å². The van der Waals surface area contributed by atoms with Gasteiger partial charge in [0.25, 0.3) is 5.91 Å². The number of benzene rings is 3. The van der Waals surface area contributed by atoms with Gasteiger partial charge in [-0.3, -0.25) is 9.69 Å². The minimum absolute atomic E-state index is 0.232. The molecule has 0 saturated carbocycles. The largest absolute Gasteiger partial charge is 0.486 e. The van der Waals surface area contributed by atoms with Crippen molar-refractivity contribution >= 4 is 75.1 Å². The lowest BCUT2D eigenvalue weighted by Crippen LogP contribution is -2.27. The molecule has 0 N–H and O–H groups in total. The average molecular weight is 539 g/mol. The van der Waals surface area contributed by atoms with E-state index in [4.69, 9.17) is 51.8 Å². The van der Waals surface area contributed by atoms with E-state index < -0.39 is 0 Å². The quantitative estimate of drug-likeness (QED) is 0.237. The van der Waals surface area contributed by atoms with Crippen molar-refractivity contribution in [1.82, 2.24) is 4.90 Å². The second-order valence-electron chi connectivity index (χ2n) is 7.12. The van der Waals surface area contributed by atoms with Gasteiger partial charge in [0.15, 0.2) is 5.75 Å². The van der Waals surface area contributed by atoms with Crippen molar-refractivity contribution in [3.05, 3.63) is 103 Å². The Bertz CT molecular complexity index is 1220. The zero-order chi connectivity index (χ0) is 23.5. The number of rotatable bonds is 6. The summed E-state index contributed by atoms with van der Waals surface area (Å²) in [5.74, 6) is -0.211. The lowest BCUT2D eigenvalue weighted by molar-refractivity contribution is -0.122. The van der Waals surface area contributed by atoms with Gasteiger partial charge in [0.05, 0.1) is 21.5 Å². The lowest BCUT2D eigenvalue weighted by Gasteiger charge is -2.14. The van der Waals surface area contributed by atoms with E-state index in [2.05, 4.69) is 0 Å². The zero-order valence-corrected chi connectivity index (χ0v) is 20.8. The Morgan fingerprint density at radius 3 is 2.21 bits per heavy atom. The predicted molar refractivity (Wildman–Crippen MR) is 137 cm³/mol. The van der Waals surface area contributed by atoms with Gasteiger partial charge < -0.3 is 4.74 Å². The highest BCUT2D eigenvalue weighted by Crippen LogP contribution is 2.38. The summed E-state index contributed by atoms with van der Waals surface area (Å²) in [6, 6.07) is 16.6. The molecule has 0 aliphatic carbocycles. The van der Waals surface area contributed by atoms with Crippen LogP contribution in [0.2, 0.25) is 15.1 Å². The highest BCUT2D eigenvalue weighted by molar-refractivity contribution is 8.26. The van der Waals surface area contributed by atoms with Gasteiger partial charge in [-0.1, -0.05) is 83.0 Å². The Morgan fingerprint density at radius 1 is 0.970 bits per heavy atom. The van der Waals surface area contributed by atoms with Crippen LogP contribution in [-0.2, 0) is 17.9 Å². The summed E-state index contributed by atoms with van der Waals surface area (Å²) >= 11 is 25.3. The minimum Gasteiger partial charge on any atom is -0.486 e. The molecule has 0 spiro atoms. The van der Waals surface area contributed by atoms with Crippen molar-refractivity contribution in [2.75, 3.05) is 0 Å². The van der Waals surface area contributed by atoms with Crippen LogP contribution in [0, 0.1) is 5.82 Å². The molecule has 0 unspecified atom stereocenters. The molecule has 9 heteroatoms. The first-order valence-corrected chi connectivity index (χ1v) is 12.0. The van der Waals surface area contributed by atoms with Crippen molar-refractivity contribution in [2.45, 2.75) is 13.2 Å². The molecule has 0 atom stereocenters. The molecule has 3 aromatic carbocycles. The molecule has 3 aromatic rings. The van der Waals surface area contributed by atoms with Crippen molar-refractivity contribution in [3.63, 3.8) is 0 Å². The van der Waals surface area contributed by atoms with Crippen LogP contribution in [0.3, 0.4) is 0 Å². The summed E-state index contributed by atoms with van der Waals surface area (Å²) in [7, 11) is 0. The van der Waals surface area contributed by atoms with Gasteiger partial charge in [0, 0.05) is 5.02 Å². The second kappa shape index (κ2) is 10.5. The molecule has 0 aromatic heterocycles. The maximum atomic E-state index is 13.1. The van der Waals surface area contributed by atoms with Crippen LogP contribution in [-0.4, -0.2) is 15.1 Å². The first-order valence-electron chi connectivity index (χ1n) is 9.66. The van der Waals surface area contributed by atoms with Crippen LogP contribution in [0.1, 0.15) is 16.7 Å². The Kier molecular flexibility index (Phi) is 7.62. The molecule has 1 saturated heterocycles. The Morgan fingerprint density at radius 2 is 1.58 bits per heavy atom. The topological polar surface area (TPSA) is 29.5 Å². The van der Waals surface area contributed by atoms with E-state index in [-0.39, 0.29) is 24.9 Å². The van der Waals surface area contributed by atoms with E-state index in [1.807, 2.05) is 12.1 Å². The Hall–Kier alpha value is -2.09. The number of thioether (sulfide) groups is 1. The van der Waals surface area contributed by atoms with Crippen LogP contribution >= 0.6 is 58.8 Å². The number of halogens is 4. The van der Waals surface area contributed by atoms with E-state index in [1.165, 1.54) is 28.8 Å². The summed E-state index contributed by atoms with van der Waals surface area (Å²) in [5.41, 5.74) is 2.34.